The van der Waals surface area contributed by atoms with Crippen LogP contribution < -0.4 is 0 Å². The molecule has 0 aromatic heterocycles. The molecule has 1 aliphatic heterocycles. The van der Waals surface area contributed by atoms with Crippen molar-refractivity contribution < 1.29 is 9.47 Å². The first-order valence-electron chi connectivity index (χ1n) is 11.2. The molecule has 2 nitrogen and oxygen atoms in total. The van der Waals surface area contributed by atoms with E-state index in [4.69, 9.17) is 9.47 Å². The zero-order valence-corrected chi connectivity index (χ0v) is 18.0. The fraction of sp³-hybridized carbons (Fsp3) is 0.357. The molecule has 0 N–H and O–H groups in total. The highest BCUT2D eigenvalue weighted by molar-refractivity contribution is 5.47. The zero-order chi connectivity index (χ0) is 20.8. The van der Waals surface area contributed by atoms with Gasteiger partial charge in [0.2, 0.25) is 0 Å². The number of benzene rings is 3. The van der Waals surface area contributed by atoms with Gasteiger partial charge in [-0.15, -0.1) is 0 Å². The molecular weight excluding hydrogens is 368 g/mol. The third kappa shape index (κ3) is 4.66. The van der Waals surface area contributed by atoms with E-state index in [0.717, 1.165) is 29.0 Å². The molecule has 3 aromatic carbocycles. The average Bonchev–Trinajstić information content (AvgIpc) is 3.54. The third-order valence-electron chi connectivity index (χ3n) is 5.96. The molecule has 1 aliphatic rings. The first-order chi connectivity index (χ1) is 14.7. The van der Waals surface area contributed by atoms with Crippen molar-refractivity contribution in [2.45, 2.75) is 50.9 Å². The third-order valence-corrected chi connectivity index (χ3v) is 5.96. The Morgan fingerprint density at radius 3 is 1.63 bits per heavy atom. The lowest BCUT2D eigenvalue weighted by Gasteiger charge is -2.35. The van der Waals surface area contributed by atoms with Gasteiger partial charge < -0.3 is 9.47 Å². The van der Waals surface area contributed by atoms with Crippen LogP contribution in [-0.4, -0.2) is 18.8 Å². The van der Waals surface area contributed by atoms with Gasteiger partial charge in [-0.3, -0.25) is 0 Å². The van der Waals surface area contributed by atoms with E-state index >= 15 is 0 Å². The van der Waals surface area contributed by atoms with Gasteiger partial charge in [-0.2, -0.15) is 0 Å². The summed E-state index contributed by atoms with van der Waals surface area (Å²) in [5, 5.41) is 0. The molecule has 0 spiro atoms. The summed E-state index contributed by atoms with van der Waals surface area (Å²) >= 11 is 0. The van der Waals surface area contributed by atoms with Crippen LogP contribution in [0.5, 0.6) is 0 Å². The number of hydrogen-bond donors (Lipinski definition) is 0. The first-order valence-corrected chi connectivity index (χ1v) is 11.2. The van der Waals surface area contributed by atoms with Gasteiger partial charge in [0.25, 0.3) is 0 Å². The SMILES string of the molecule is CC(C)CCC[C@@H]1O[C@@H]1COC(c1ccccc1)(c1ccccc1)c1ccccc1. The molecule has 2 atom stereocenters. The van der Waals surface area contributed by atoms with Crippen LogP contribution in [0.25, 0.3) is 0 Å². The van der Waals surface area contributed by atoms with Crippen LogP contribution in [0.15, 0.2) is 91.0 Å². The average molecular weight is 401 g/mol. The van der Waals surface area contributed by atoms with Crippen molar-refractivity contribution in [1.29, 1.82) is 0 Å². The fourth-order valence-electron chi connectivity index (χ4n) is 4.28. The second kappa shape index (κ2) is 9.59. The maximum Gasteiger partial charge on any atom is 0.143 e. The number of epoxide rings is 1. The summed E-state index contributed by atoms with van der Waals surface area (Å²) in [4.78, 5) is 0. The lowest BCUT2D eigenvalue weighted by Crippen LogP contribution is -2.34. The largest absolute Gasteiger partial charge is 0.367 e. The van der Waals surface area contributed by atoms with E-state index in [9.17, 15) is 0 Å². The Hall–Kier alpha value is -2.42. The van der Waals surface area contributed by atoms with Gasteiger partial charge in [0.15, 0.2) is 0 Å². The molecule has 0 saturated carbocycles. The van der Waals surface area contributed by atoms with Crippen LogP contribution in [0, 0.1) is 5.92 Å². The van der Waals surface area contributed by atoms with E-state index in [1.807, 2.05) is 0 Å². The van der Waals surface area contributed by atoms with Gasteiger partial charge in [0.05, 0.1) is 12.7 Å². The monoisotopic (exact) mass is 400 g/mol. The molecule has 0 unspecified atom stereocenters. The smallest absolute Gasteiger partial charge is 0.143 e. The molecule has 156 valence electrons. The Labute approximate surface area is 180 Å². The highest BCUT2D eigenvalue weighted by atomic mass is 16.6. The zero-order valence-electron chi connectivity index (χ0n) is 18.0. The molecule has 1 saturated heterocycles. The summed E-state index contributed by atoms with van der Waals surface area (Å²) in [6, 6.07) is 31.6. The van der Waals surface area contributed by atoms with Gasteiger partial charge in [-0.1, -0.05) is 118 Å². The Kier molecular flexibility index (Phi) is 6.66. The number of hydrogen-bond acceptors (Lipinski definition) is 2. The second-order valence-corrected chi connectivity index (χ2v) is 8.63. The van der Waals surface area contributed by atoms with Crippen LogP contribution in [0.1, 0.15) is 49.8 Å². The Morgan fingerprint density at radius 2 is 1.20 bits per heavy atom. The van der Waals surface area contributed by atoms with Gasteiger partial charge in [0, 0.05) is 0 Å². The first kappa shape index (κ1) is 20.8. The van der Waals surface area contributed by atoms with E-state index in [0.29, 0.717) is 12.7 Å². The fourth-order valence-corrected chi connectivity index (χ4v) is 4.28. The maximum atomic E-state index is 6.84. The van der Waals surface area contributed by atoms with Crippen molar-refractivity contribution in [3.8, 4) is 0 Å². The van der Waals surface area contributed by atoms with Crippen molar-refractivity contribution >= 4 is 0 Å². The molecule has 0 bridgehead atoms. The van der Waals surface area contributed by atoms with Crippen LogP contribution in [0.3, 0.4) is 0 Å². The van der Waals surface area contributed by atoms with Gasteiger partial charge in [0.1, 0.15) is 11.7 Å². The molecule has 1 heterocycles. The molecule has 1 fully saturated rings. The van der Waals surface area contributed by atoms with E-state index in [1.165, 1.54) is 12.8 Å². The van der Waals surface area contributed by atoms with E-state index in [2.05, 4.69) is 105 Å². The van der Waals surface area contributed by atoms with Gasteiger partial charge >= 0.3 is 0 Å². The Morgan fingerprint density at radius 1 is 0.733 bits per heavy atom. The Balaban J connectivity index is 1.61. The summed E-state index contributed by atoms with van der Waals surface area (Å²) in [7, 11) is 0. The van der Waals surface area contributed by atoms with Crippen LogP contribution >= 0.6 is 0 Å². The second-order valence-electron chi connectivity index (χ2n) is 8.63. The predicted octanol–water partition coefficient (Wildman–Crippen LogP) is 6.59. The lowest BCUT2D eigenvalue weighted by molar-refractivity contribution is 0.00427. The minimum atomic E-state index is -0.655. The normalized spacial score (nSPS) is 18.5. The van der Waals surface area contributed by atoms with Crippen LogP contribution in [0.2, 0.25) is 0 Å². The van der Waals surface area contributed by atoms with Crippen LogP contribution in [-0.2, 0) is 15.1 Å². The molecule has 3 aromatic rings. The van der Waals surface area contributed by atoms with Crippen molar-refractivity contribution in [1.82, 2.24) is 0 Å². The molecule has 0 radical (unpaired) electrons. The summed E-state index contributed by atoms with van der Waals surface area (Å²) < 4.78 is 12.8. The standard InChI is InChI=1S/C28H32O2/c1-22(2)13-12-20-26-27(30-26)21-29-28(23-14-6-3-7-15-23,24-16-8-4-9-17-24)25-18-10-5-11-19-25/h3-11,14-19,22,26-27H,12-13,20-21H2,1-2H3/t26-,27+/m0/s1. The van der Waals surface area contributed by atoms with Crippen LogP contribution in [0.4, 0.5) is 0 Å². The van der Waals surface area contributed by atoms with Crippen molar-refractivity contribution in [3.63, 3.8) is 0 Å². The number of ether oxygens (including phenoxy) is 2. The molecule has 0 aliphatic carbocycles. The quantitative estimate of drug-likeness (QED) is 0.283. The van der Waals surface area contributed by atoms with E-state index in [-0.39, 0.29) is 6.10 Å². The molecule has 30 heavy (non-hydrogen) atoms. The van der Waals surface area contributed by atoms with E-state index in [1.54, 1.807) is 0 Å². The molecular formula is C28H32O2. The van der Waals surface area contributed by atoms with Gasteiger partial charge in [-0.25, -0.2) is 0 Å². The number of rotatable bonds is 10. The summed E-state index contributed by atoms with van der Waals surface area (Å²) in [5.41, 5.74) is 2.76. The van der Waals surface area contributed by atoms with Crippen molar-refractivity contribution in [2.75, 3.05) is 6.61 Å². The summed E-state index contributed by atoms with van der Waals surface area (Å²) in [6.07, 6.45) is 4.13. The minimum absolute atomic E-state index is 0.188. The van der Waals surface area contributed by atoms with E-state index < -0.39 is 5.60 Å². The predicted molar refractivity (Wildman–Crippen MR) is 123 cm³/mol. The maximum absolute atomic E-state index is 6.84. The van der Waals surface area contributed by atoms with Crippen molar-refractivity contribution in [3.05, 3.63) is 108 Å². The highest BCUT2D eigenvalue weighted by Crippen LogP contribution is 2.42. The van der Waals surface area contributed by atoms with Crippen molar-refractivity contribution in [2.24, 2.45) is 5.92 Å². The highest BCUT2D eigenvalue weighted by Gasteiger charge is 2.43. The molecule has 0 amide bonds. The van der Waals surface area contributed by atoms with Gasteiger partial charge in [-0.05, 0) is 29.0 Å². The summed E-state index contributed by atoms with van der Waals surface area (Å²) in [5.74, 6) is 0.750. The summed E-state index contributed by atoms with van der Waals surface area (Å²) in [6.45, 7) is 5.15. The topological polar surface area (TPSA) is 21.8 Å². The Bertz CT molecular complexity index is 793. The molecule has 2 heteroatoms. The lowest BCUT2D eigenvalue weighted by atomic mass is 9.80. The molecule has 4 rings (SSSR count). The minimum Gasteiger partial charge on any atom is -0.367 e.